The van der Waals surface area contributed by atoms with Crippen molar-refractivity contribution in [2.45, 2.75) is 13.5 Å². The van der Waals surface area contributed by atoms with E-state index in [1.807, 2.05) is 6.92 Å². The molecule has 1 saturated heterocycles. The van der Waals surface area contributed by atoms with Crippen LogP contribution in [0, 0.1) is 0 Å². The number of carbonyl (C=O) groups is 2. The van der Waals surface area contributed by atoms with Gasteiger partial charge < -0.3 is 15.5 Å². The van der Waals surface area contributed by atoms with Crippen LogP contribution in [0.4, 0.5) is 5.69 Å². The quantitative estimate of drug-likeness (QED) is 0.844. The molecule has 102 valence electrons. The molecule has 0 aromatic heterocycles. The van der Waals surface area contributed by atoms with E-state index in [9.17, 15) is 9.59 Å². The molecule has 1 aliphatic rings. The number of hydrogen-bond acceptors (Lipinski definition) is 3. The number of rotatable bonds is 3. The van der Waals surface area contributed by atoms with Crippen molar-refractivity contribution in [3.05, 3.63) is 28.8 Å². The summed E-state index contributed by atoms with van der Waals surface area (Å²) < 4.78 is 0. The molecule has 0 aliphatic carbocycles. The lowest BCUT2D eigenvalue weighted by molar-refractivity contribution is -0.150. The summed E-state index contributed by atoms with van der Waals surface area (Å²) >= 11 is 5.83. The predicted molar refractivity (Wildman–Crippen MR) is 73.5 cm³/mol. The van der Waals surface area contributed by atoms with Gasteiger partial charge in [-0.3, -0.25) is 9.59 Å². The summed E-state index contributed by atoms with van der Waals surface area (Å²) in [5.74, 6) is -0.0922. The third-order valence-corrected chi connectivity index (χ3v) is 3.44. The first kappa shape index (κ1) is 13.7. The molecule has 6 heteroatoms. The molecule has 0 radical (unpaired) electrons. The van der Waals surface area contributed by atoms with Crippen LogP contribution in [0.25, 0.3) is 0 Å². The van der Waals surface area contributed by atoms with Crippen LogP contribution in [0.1, 0.15) is 12.5 Å². The van der Waals surface area contributed by atoms with Gasteiger partial charge in [-0.25, -0.2) is 0 Å². The average molecular weight is 282 g/mol. The monoisotopic (exact) mass is 281 g/mol. The topological polar surface area (TPSA) is 66.6 Å². The Hall–Kier alpha value is -1.75. The van der Waals surface area contributed by atoms with Gasteiger partial charge in [-0.1, -0.05) is 17.7 Å². The summed E-state index contributed by atoms with van der Waals surface area (Å²) in [6.07, 6.45) is 0. The molecular formula is C13H16ClN3O2. The van der Waals surface area contributed by atoms with Gasteiger partial charge in [0.2, 0.25) is 11.8 Å². The van der Waals surface area contributed by atoms with E-state index in [1.165, 1.54) is 4.90 Å². The van der Waals surface area contributed by atoms with Crippen LogP contribution in [0.5, 0.6) is 0 Å². The van der Waals surface area contributed by atoms with Gasteiger partial charge in [0.25, 0.3) is 0 Å². The largest absolute Gasteiger partial charge is 0.398 e. The zero-order valence-corrected chi connectivity index (χ0v) is 11.5. The minimum Gasteiger partial charge on any atom is -0.398 e. The van der Waals surface area contributed by atoms with Crippen LogP contribution in [-0.4, -0.2) is 41.2 Å². The molecule has 1 aliphatic heterocycles. The SMILES string of the molecule is CCN1CC(=O)N(Cc2ccc(Cl)cc2N)CC1=O. The molecule has 2 N–H and O–H groups in total. The number of nitrogen functional groups attached to an aromatic ring is 1. The molecular weight excluding hydrogens is 266 g/mol. The minimum atomic E-state index is -0.0594. The highest BCUT2D eigenvalue weighted by molar-refractivity contribution is 6.30. The average Bonchev–Trinajstić information content (AvgIpc) is 2.36. The number of anilines is 1. The van der Waals surface area contributed by atoms with E-state index in [-0.39, 0.29) is 24.9 Å². The molecule has 1 heterocycles. The van der Waals surface area contributed by atoms with Gasteiger partial charge in [-0.15, -0.1) is 0 Å². The first-order chi connectivity index (χ1) is 9.01. The third kappa shape index (κ3) is 2.98. The lowest BCUT2D eigenvalue weighted by Crippen LogP contribution is -2.53. The maximum absolute atomic E-state index is 12.0. The number of benzene rings is 1. The standard InChI is InChI=1S/C13H16ClN3O2/c1-2-16-7-13(19)17(8-12(16)18)6-9-3-4-10(14)5-11(9)15/h3-5H,2,6-8,15H2,1H3. The summed E-state index contributed by atoms with van der Waals surface area (Å²) in [5, 5.41) is 0.555. The first-order valence-corrected chi connectivity index (χ1v) is 6.48. The Kier molecular flexibility index (Phi) is 3.95. The van der Waals surface area contributed by atoms with E-state index in [4.69, 9.17) is 17.3 Å². The molecule has 1 aromatic carbocycles. The van der Waals surface area contributed by atoms with E-state index in [0.717, 1.165) is 5.56 Å². The fourth-order valence-electron chi connectivity index (χ4n) is 2.05. The number of hydrogen-bond donors (Lipinski definition) is 1. The normalized spacial score (nSPS) is 16.1. The summed E-state index contributed by atoms with van der Waals surface area (Å²) in [7, 11) is 0. The van der Waals surface area contributed by atoms with Crippen LogP contribution in [0.15, 0.2) is 18.2 Å². The molecule has 2 rings (SSSR count). The maximum atomic E-state index is 12.0. The van der Waals surface area contributed by atoms with Gasteiger partial charge in [-0.2, -0.15) is 0 Å². The number of carbonyl (C=O) groups excluding carboxylic acids is 2. The van der Waals surface area contributed by atoms with E-state index >= 15 is 0 Å². The van der Waals surface area contributed by atoms with Crippen LogP contribution in [0.3, 0.4) is 0 Å². The van der Waals surface area contributed by atoms with Crippen LogP contribution < -0.4 is 5.73 Å². The smallest absolute Gasteiger partial charge is 0.242 e. The number of piperazine rings is 1. The zero-order chi connectivity index (χ0) is 14.0. The molecule has 1 aromatic rings. The summed E-state index contributed by atoms with van der Waals surface area (Å²) in [6, 6.07) is 5.15. The summed E-state index contributed by atoms with van der Waals surface area (Å²) in [5.41, 5.74) is 7.19. The van der Waals surface area contributed by atoms with Gasteiger partial charge in [0.15, 0.2) is 0 Å². The number of nitrogens with zero attached hydrogens (tertiary/aromatic N) is 2. The van der Waals surface area contributed by atoms with Gasteiger partial charge in [0.05, 0.1) is 6.54 Å². The lowest BCUT2D eigenvalue weighted by atomic mass is 10.1. The zero-order valence-electron chi connectivity index (χ0n) is 10.7. The van der Waals surface area contributed by atoms with Crippen molar-refractivity contribution < 1.29 is 9.59 Å². The number of nitrogens with two attached hydrogens (primary N) is 1. The maximum Gasteiger partial charge on any atom is 0.242 e. The van der Waals surface area contributed by atoms with Gasteiger partial charge >= 0.3 is 0 Å². The molecule has 0 atom stereocenters. The van der Waals surface area contributed by atoms with Gasteiger partial charge in [-0.05, 0) is 24.6 Å². The Morgan fingerprint density at radius 1 is 1.21 bits per heavy atom. The van der Waals surface area contributed by atoms with Crippen molar-refractivity contribution in [1.82, 2.24) is 9.80 Å². The highest BCUT2D eigenvalue weighted by Crippen LogP contribution is 2.20. The van der Waals surface area contributed by atoms with E-state index in [0.29, 0.717) is 23.8 Å². The second kappa shape index (κ2) is 5.48. The second-order valence-electron chi connectivity index (χ2n) is 4.50. The molecule has 0 bridgehead atoms. The van der Waals surface area contributed by atoms with E-state index in [1.54, 1.807) is 23.1 Å². The van der Waals surface area contributed by atoms with Crippen molar-refractivity contribution >= 4 is 29.1 Å². The summed E-state index contributed by atoms with van der Waals surface area (Å²) in [4.78, 5) is 26.8. The van der Waals surface area contributed by atoms with Gasteiger partial charge in [0.1, 0.15) is 6.54 Å². The molecule has 0 unspecified atom stereocenters. The number of halogens is 1. The Labute approximate surface area is 116 Å². The lowest BCUT2D eigenvalue weighted by Gasteiger charge is -2.33. The highest BCUT2D eigenvalue weighted by Gasteiger charge is 2.28. The van der Waals surface area contributed by atoms with Crippen LogP contribution in [-0.2, 0) is 16.1 Å². The molecule has 1 fully saturated rings. The molecule has 2 amide bonds. The molecule has 19 heavy (non-hydrogen) atoms. The predicted octanol–water partition coefficient (Wildman–Crippen LogP) is 1.11. The molecule has 5 nitrogen and oxygen atoms in total. The van der Waals surface area contributed by atoms with Crippen molar-refractivity contribution in [2.24, 2.45) is 0 Å². The van der Waals surface area contributed by atoms with Crippen molar-refractivity contribution in [3.63, 3.8) is 0 Å². The third-order valence-electron chi connectivity index (χ3n) is 3.21. The number of likely N-dealkylation sites (N-methyl/N-ethyl adjacent to an activating group) is 1. The minimum absolute atomic E-state index is 0.0327. The second-order valence-corrected chi connectivity index (χ2v) is 4.94. The van der Waals surface area contributed by atoms with E-state index in [2.05, 4.69) is 0 Å². The van der Waals surface area contributed by atoms with Gasteiger partial charge in [0, 0.05) is 23.8 Å². The van der Waals surface area contributed by atoms with Crippen molar-refractivity contribution in [1.29, 1.82) is 0 Å². The number of amides is 2. The Morgan fingerprint density at radius 3 is 2.47 bits per heavy atom. The molecule has 0 spiro atoms. The first-order valence-electron chi connectivity index (χ1n) is 6.10. The van der Waals surface area contributed by atoms with E-state index < -0.39 is 0 Å². The Bertz CT molecular complexity index is 519. The molecule has 0 saturated carbocycles. The fourth-order valence-corrected chi connectivity index (χ4v) is 2.23. The van der Waals surface area contributed by atoms with Crippen molar-refractivity contribution in [3.8, 4) is 0 Å². The highest BCUT2D eigenvalue weighted by atomic mass is 35.5. The Morgan fingerprint density at radius 2 is 1.84 bits per heavy atom. The Balaban J connectivity index is 2.11. The summed E-state index contributed by atoms with van der Waals surface area (Å²) in [6.45, 7) is 3.00. The van der Waals surface area contributed by atoms with Crippen LogP contribution >= 0.6 is 11.6 Å². The van der Waals surface area contributed by atoms with Crippen molar-refractivity contribution in [2.75, 3.05) is 25.4 Å². The van der Waals surface area contributed by atoms with Crippen LogP contribution in [0.2, 0.25) is 5.02 Å². The fraction of sp³-hybridized carbons (Fsp3) is 0.385.